The summed E-state index contributed by atoms with van der Waals surface area (Å²) in [5.74, 6) is -0.515. The van der Waals surface area contributed by atoms with E-state index in [1.807, 2.05) is 33.3 Å². The first-order chi connectivity index (χ1) is 36.4. The number of esters is 1. The highest BCUT2D eigenvalue weighted by atomic mass is 31.2. The zero-order valence-corrected chi connectivity index (χ0v) is 51.2. The van der Waals surface area contributed by atoms with Gasteiger partial charge in [0.25, 0.3) is 0 Å². The van der Waals surface area contributed by atoms with Gasteiger partial charge in [0.15, 0.2) is 0 Å². The van der Waals surface area contributed by atoms with E-state index in [0.717, 1.165) is 77.0 Å². The molecule has 0 aliphatic heterocycles. The molecule has 0 spiro atoms. The number of nitrogens with one attached hydrogen (secondary N) is 1. The van der Waals surface area contributed by atoms with Crippen molar-refractivity contribution < 1.29 is 37.3 Å². The molecule has 0 aromatic rings. The van der Waals surface area contributed by atoms with Crippen LogP contribution in [-0.4, -0.2) is 74.3 Å². The lowest BCUT2D eigenvalue weighted by molar-refractivity contribution is -0.870. The number of allylic oxidation sites excluding steroid dienone is 7. The van der Waals surface area contributed by atoms with Gasteiger partial charge in [0.05, 0.1) is 33.8 Å². The Bertz CT molecular complexity index is 1420. The van der Waals surface area contributed by atoms with Gasteiger partial charge in [0.2, 0.25) is 5.91 Å². The van der Waals surface area contributed by atoms with Gasteiger partial charge in [-0.1, -0.05) is 250 Å². The van der Waals surface area contributed by atoms with Crippen LogP contribution < -0.4 is 5.32 Å². The first-order valence-electron chi connectivity index (χ1n) is 32.0. The number of amides is 1. The molecule has 0 radical (unpaired) electrons. The second kappa shape index (κ2) is 55.3. The number of hydrogen-bond acceptors (Lipinski definition) is 6. The summed E-state index contributed by atoms with van der Waals surface area (Å²) >= 11 is 0. The maximum atomic E-state index is 13.6. The molecule has 0 heterocycles. The third-order valence-corrected chi connectivity index (χ3v) is 15.2. The van der Waals surface area contributed by atoms with Gasteiger partial charge in [-0.05, 0) is 89.5 Å². The third kappa shape index (κ3) is 56.5. The molecule has 2 N–H and O–H groups in total. The molecule has 0 aliphatic carbocycles. The summed E-state index contributed by atoms with van der Waals surface area (Å²) in [5, 5.41) is 3.06. The Morgan fingerprint density at radius 2 is 0.813 bits per heavy atom. The fourth-order valence-corrected chi connectivity index (χ4v) is 10.00. The highest BCUT2D eigenvalue weighted by Crippen LogP contribution is 2.43. The zero-order chi connectivity index (χ0) is 55.0. The van der Waals surface area contributed by atoms with Gasteiger partial charge in [0, 0.05) is 12.8 Å². The minimum atomic E-state index is -4.45. The topological polar surface area (TPSA) is 111 Å². The lowest BCUT2D eigenvalue weighted by Crippen LogP contribution is -2.47. The molecule has 0 aromatic carbocycles. The Morgan fingerprint density at radius 3 is 1.25 bits per heavy atom. The average Bonchev–Trinajstić information content (AvgIpc) is 3.37. The normalized spacial score (nSPS) is 14.0. The van der Waals surface area contributed by atoms with Crippen molar-refractivity contribution in [2.24, 2.45) is 0 Å². The number of hydrogen-bond donors (Lipinski definition) is 2. The van der Waals surface area contributed by atoms with Crippen LogP contribution in [-0.2, 0) is 27.9 Å². The van der Waals surface area contributed by atoms with Crippen LogP contribution in [0.5, 0.6) is 0 Å². The molecule has 9 nitrogen and oxygen atoms in total. The maximum absolute atomic E-state index is 13.6. The molecule has 440 valence electrons. The number of quaternary nitrogens is 1. The first kappa shape index (κ1) is 73.0. The molecule has 1 amide bonds. The summed E-state index contributed by atoms with van der Waals surface area (Å²) in [6, 6.07) is -0.853. The van der Waals surface area contributed by atoms with E-state index in [2.05, 4.69) is 62.5 Å². The Balaban J connectivity index is 5.15. The van der Waals surface area contributed by atoms with Crippen molar-refractivity contribution in [2.45, 2.75) is 315 Å². The highest BCUT2D eigenvalue weighted by molar-refractivity contribution is 7.47. The van der Waals surface area contributed by atoms with E-state index < -0.39 is 20.0 Å². The van der Waals surface area contributed by atoms with E-state index in [9.17, 15) is 19.0 Å². The molecule has 0 fully saturated rings. The van der Waals surface area contributed by atoms with Crippen LogP contribution in [0, 0.1) is 0 Å². The van der Waals surface area contributed by atoms with E-state index in [4.69, 9.17) is 13.8 Å². The van der Waals surface area contributed by atoms with E-state index in [-0.39, 0.29) is 31.5 Å². The summed E-state index contributed by atoms with van der Waals surface area (Å²) in [6.45, 7) is 7.00. The third-order valence-electron chi connectivity index (χ3n) is 14.2. The van der Waals surface area contributed by atoms with Crippen molar-refractivity contribution in [3.63, 3.8) is 0 Å². The van der Waals surface area contributed by atoms with Crippen LogP contribution in [0.25, 0.3) is 0 Å². The van der Waals surface area contributed by atoms with Gasteiger partial charge >= 0.3 is 13.8 Å². The molecule has 75 heavy (non-hydrogen) atoms. The van der Waals surface area contributed by atoms with Crippen molar-refractivity contribution in [3.8, 4) is 0 Å². The highest BCUT2D eigenvalue weighted by Gasteiger charge is 2.30. The number of nitrogens with zero attached hydrogens (tertiary/aromatic N) is 1. The molecule has 3 unspecified atom stereocenters. The van der Waals surface area contributed by atoms with Gasteiger partial charge < -0.3 is 19.4 Å². The molecule has 0 saturated carbocycles. The van der Waals surface area contributed by atoms with Gasteiger partial charge in [-0.2, -0.15) is 0 Å². The monoisotopic (exact) mass is 1080 g/mol. The summed E-state index contributed by atoms with van der Waals surface area (Å²) in [5.41, 5.74) is 0. The summed E-state index contributed by atoms with van der Waals surface area (Å²) in [7, 11) is 1.49. The molecule has 0 rings (SSSR count). The van der Waals surface area contributed by atoms with E-state index in [1.165, 1.54) is 193 Å². The number of unbranched alkanes of at least 4 members (excludes halogenated alkanes) is 36. The summed E-state index contributed by atoms with van der Waals surface area (Å²) in [6.07, 6.45) is 68.2. The number of likely N-dealkylation sites (N-methyl/N-ethyl adjacent to an activating group) is 1. The van der Waals surface area contributed by atoms with E-state index in [0.29, 0.717) is 17.4 Å². The summed E-state index contributed by atoms with van der Waals surface area (Å²) in [4.78, 5) is 37.7. The lowest BCUT2D eigenvalue weighted by Gasteiger charge is -2.27. The molecule has 0 saturated heterocycles. The number of carbonyl (C=O) groups excluding carboxylic acids is 2. The van der Waals surface area contributed by atoms with Gasteiger partial charge in [-0.25, -0.2) is 4.57 Å². The molecule has 3 atom stereocenters. The van der Waals surface area contributed by atoms with Crippen LogP contribution in [0.2, 0.25) is 0 Å². The second-order valence-corrected chi connectivity index (χ2v) is 24.4. The number of rotatable bonds is 58. The fraction of sp³-hybridized carbons (Fsp3) is 0.846. The SMILES string of the molecule is CCCCC/C=C\C/C=C\CCCCCCCCCCCCCCCC(=O)NC(COP(=O)(O)OCC[N+](C)(C)C)C(/C=C\CCCCCCCCCCCC)OC(=O)CCCCC/C=C\CCCCCCCCC. The number of phosphoric ester groups is 1. The number of phosphoric acid groups is 1. The minimum absolute atomic E-state index is 0.0387. The second-order valence-electron chi connectivity index (χ2n) is 22.9. The predicted octanol–water partition coefficient (Wildman–Crippen LogP) is 19.7. The average molecular weight is 1080 g/mol. The molecular formula is C65H124N2O7P+. The van der Waals surface area contributed by atoms with Gasteiger partial charge in [0.1, 0.15) is 19.3 Å². The Labute approximate surface area is 465 Å². The zero-order valence-electron chi connectivity index (χ0n) is 50.3. The maximum Gasteiger partial charge on any atom is 0.472 e. The van der Waals surface area contributed by atoms with Crippen molar-refractivity contribution in [3.05, 3.63) is 48.6 Å². The molecule has 0 aliphatic rings. The Hall–Kier alpha value is -2.03. The van der Waals surface area contributed by atoms with E-state index in [1.54, 1.807) is 0 Å². The number of ether oxygens (including phenoxy) is 1. The van der Waals surface area contributed by atoms with Crippen molar-refractivity contribution in [1.29, 1.82) is 0 Å². The molecule has 10 heteroatoms. The van der Waals surface area contributed by atoms with Crippen LogP contribution in [0.15, 0.2) is 48.6 Å². The van der Waals surface area contributed by atoms with E-state index >= 15 is 0 Å². The quantitative estimate of drug-likeness (QED) is 0.0205. The van der Waals surface area contributed by atoms with Crippen molar-refractivity contribution >= 4 is 19.7 Å². The van der Waals surface area contributed by atoms with Crippen molar-refractivity contribution in [2.75, 3.05) is 40.9 Å². The molecule has 0 aromatic heterocycles. The molecule has 0 bridgehead atoms. The largest absolute Gasteiger partial charge is 0.472 e. The summed E-state index contributed by atoms with van der Waals surface area (Å²) < 4.78 is 30.7. The van der Waals surface area contributed by atoms with Crippen LogP contribution in [0.4, 0.5) is 0 Å². The molecular weight excluding hydrogens is 952 g/mol. The van der Waals surface area contributed by atoms with Crippen molar-refractivity contribution in [1.82, 2.24) is 5.32 Å². The minimum Gasteiger partial charge on any atom is -0.456 e. The first-order valence-corrected chi connectivity index (χ1v) is 33.5. The van der Waals surface area contributed by atoms with Crippen LogP contribution in [0.1, 0.15) is 303 Å². The van der Waals surface area contributed by atoms with Gasteiger partial charge in [-0.15, -0.1) is 0 Å². The number of carbonyl (C=O) groups is 2. The lowest BCUT2D eigenvalue weighted by atomic mass is 10.0. The smallest absolute Gasteiger partial charge is 0.456 e. The fourth-order valence-electron chi connectivity index (χ4n) is 9.26. The Morgan fingerprint density at radius 1 is 0.467 bits per heavy atom. The predicted molar refractivity (Wildman–Crippen MR) is 323 cm³/mol. The van der Waals surface area contributed by atoms with Gasteiger partial charge in [-0.3, -0.25) is 18.6 Å². The van der Waals surface area contributed by atoms with Crippen LogP contribution >= 0.6 is 7.82 Å². The Kier molecular flexibility index (Phi) is 53.8. The standard InChI is InChI=1S/C65H123N2O7P/c1-7-10-13-16-19-22-25-28-30-31-32-33-34-35-36-37-38-39-42-45-48-51-54-57-64(68)66-62(61-73-75(70,71)72-60-59-67(4,5)6)63(56-53-50-47-44-41-27-24-21-18-15-12-9-3)74-65(69)58-55-52-49-46-43-40-29-26-23-20-17-14-11-8-2/h19,22,28,30,40,43,53,56,62-63H,7-18,20-21,23-27,29,31-39,41-42,44-52,54-55,57-61H2,1-6H3,(H-,66,68,70,71)/p+1/b22-19-,30-28-,43-40-,56-53-. The van der Waals surface area contributed by atoms with Crippen LogP contribution in [0.3, 0.4) is 0 Å².